The number of aromatic nitrogens is 1. The number of para-hydroxylation sites is 1. The SMILES string of the molecule is CCOCc1cn(CC)c2ccccc12. The number of fused-ring (bicyclic) bond motifs is 1. The number of benzene rings is 1. The van der Waals surface area contributed by atoms with Crippen LogP contribution in [-0.2, 0) is 17.9 Å². The molecule has 2 aromatic rings. The summed E-state index contributed by atoms with van der Waals surface area (Å²) in [5, 5.41) is 1.31. The molecule has 0 atom stereocenters. The average Bonchev–Trinajstić information content (AvgIpc) is 2.65. The predicted molar refractivity (Wildman–Crippen MR) is 62.9 cm³/mol. The maximum absolute atomic E-state index is 5.47. The number of ether oxygens (including phenoxy) is 1. The van der Waals surface area contributed by atoms with E-state index in [1.54, 1.807) is 0 Å². The van der Waals surface area contributed by atoms with Gasteiger partial charge in [0.2, 0.25) is 0 Å². The molecule has 2 nitrogen and oxygen atoms in total. The lowest BCUT2D eigenvalue weighted by Crippen LogP contribution is -1.91. The van der Waals surface area contributed by atoms with E-state index in [0.29, 0.717) is 6.61 Å². The van der Waals surface area contributed by atoms with Gasteiger partial charge in [-0.05, 0) is 19.9 Å². The van der Waals surface area contributed by atoms with Crippen molar-refractivity contribution >= 4 is 10.9 Å². The molecule has 0 N–H and O–H groups in total. The van der Waals surface area contributed by atoms with Gasteiger partial charge in [-0.3, -0.25) is 0 Å². The monoisotopic (exact) mass is 203 g/mol. The van der Waals surface area contributed by atoms with E-state index in [9.17, 15) is 0 Å². The van der Waals surface area contributed by atoms with Crippen LogP contribution in [0.3, 0.4) is 0 Å². The Bertz CT molecular complexity index is 445. The minimum Gasteiger partial charge on any atom is -0.377 e. The van der Waals surface area contributed by atoms with Gasteiger partial charge in [-0.1, -0.05) is 18.2 Å². The Morgan fingerprint density at radius 2 is 2.00 bits per heavy atom. The zero-order valence-electron chi connectivity index (χ0n) is 9.36. The van der Waals surface area contributed by atoms with Crippen LogP contribution in [0.25, 0.3) is 10.9 Å². The standard InChI is InChI=1S/C13H17NO/c1-3-14-9-11(10-15-4-2)12-7-5-6-8-13(12)14/h5-9H,3-4,10H2,1-2H3. The molecule has 0 amide bonds. The van der Waals surface area contributed by atoms with Gasteiger partial charge in [0.15, 0.2) is 0 Å². The van der Waals surface area contributed by atoms with Crippen molar-refractivity contribution < 1.29 is 4.74 Å². The molecule has 15 heavy (non-hydrogen) atoms. The van der Waals surface area contributed by atoms with Gasteiger partial charge < -0.3 is 9.30 Å². The van der Waals surface area contributed by atoms with E-state index < -0.39 is 0 Å². The van der Waals surface area contributed by atoms with Crippen molar-refractivity contribution in [2.24, 2.45) is 0 Å². The molecule has 0 radical (unpaired) electrons. The quantitative estimate of drug-likeness (QED) is 0.744. The first-order chi connectivity index (χ1) is 7.36. The normalized spacial score (nSPS) is 11.1. The Hall–Kier alpha value is -1.28. The van der Waals surface area contributed by atoms with Gasteiger partial charge in [0.25, 0.3) is 0 Å². The number of hydrogen-bond donors (Lipinski definition) is 0. The smallest absolute Gasteiger partial charge is 0.0737 e. The van der Waals surface area contributed by atoms with E-state index in [0.717, 1.165) is 13.2 Å². The highest BCUT2D eigenvalue weighted by Crippen LogP contribution is 2.21. The first kappa shape index (κ1) is 10.2. The molecule has 0 bridgehead atoms. The molecule has 2 rings (SSSR count). The molecule has 80 valence electrons. The fourth-order valence-electron chi connectivity index (χ4n) is 1.91. The second kappa shape index (κ2) is 4.49. The Morgan fingerprint density at radius 1 is 1.20 bits per heavy atom. The number of rotatable bonds is 4. The lowest BCUT2D eigenvalue weighted by molar-refractivity contribution is 0.135. The van der Waals surface area contributed by atoms with Crippen LogP contribution in [0.4, 0.5) is 0 Å². The molecule has 1 aromatic heterocycles. The van der Waals surface area contributed by atoms with E-state index >= 15 is 0 Å². The van der Waals surface area contributed by atoms with E-state index in [1.165, 1.54) is 16.5 Å². The summed E-state index contributed by atoms with van der Waals surface area (Å²) in [6.45, 7) is 6.68. The zero-order chi connectivity index (χ0) is 10.7. The summed E-state index contributed by atoms with van der Waals surface area (Å²) in [5.74, 6) is 0. The predicted octanol–water partition coefficient (Wildman–Crippen LogP) is 3.20. The van der Waals surface area contributed by atoms with Crippen LogP contribution >= 0.6 is 0 Å². The summed E-state index contributed by atoms with van der Waals surface area (Å²) in [6, 6.07) is 8.49. The molecule has 1 heterocycles. The van der Waals surface area contributed by atoms with Crippen LogP contribution in [0.2, 0.25) is 0 Å². The zero-order valence-corrected chi connectivity index (χ0v) is 9.36. The fraction of sp³-hybridized carbons (Fsp3) is 0.385. The van der Waals surface area contributed by atoms with Crippen LogP contribution in [0, 0.1) is 0 Å². The Kier molecular flexibility index (Phi) is 3.07. The number of aryl methyl sites for hydroxylation is 1. The van der Waals surface area contributed by atoms with Crippen molar-refractivity contribution in [1.82, 2.24) is 4.57 Å². The van der Waals surface area contributed by atoms with Crippen LogP contribution in [0.15, 0.2) is 30.5 Å². The Morgan fingerprint density at radius 3 is 2.73 bits per heavy atom. The molecule has 0 saturated heterocycles. The summed E-state index contributed by atoms with van der Waals surface area (Å²) in [4.78, 5) is 0. The highest BCUT2D eigenvalue weighted by Gasteiger charge is 2.06. The number of hydrogen-bond acceptors (Lipinski definition) is 1. The second-order valence-corrected chi connectivity index (χ2v) is 3.59. The van der Waals surface area contributed by atoms with Crippen LogP contribution in [-0.4, -0.2) is 11.2 Å². The third-order valence-corrected chi connectivity index (χ3v) is 2.67. The average molecular weight is 203 g/mol. The maximum atomic E-state index is 5.47. The lowest BCUT2D eigenvalue weighted by Gasteiger charge is -1.98. The maximum Gasteiger partial charge on any atom is 0.0737 e. The molecule has 0 spiro atoms. The second-order valence-electron chi connectivity index (χ2n) is 3.59. The Labute approximate surface area is 90.5 Å². The molecular weight excluding hydrogens is 186 g/mol. The van der Waals surface area contributed by atoms with Crippen LogP contribution in [0.1, 0.15) is 19.4 Å². The fourth-order valence-corrected chi connectivity index (χ4v) is 1.91. The third kappa shape index (κ3) is 1.90. The van der Waals surface area contributed by atoms with Gasteiger partial charge in [-0.25, -0.2) is 0 Å². The van der Waals surface area contributed by atoms with Gasteiger partial charge in [0, 0.05) is 35.8 Å². The van der Waals surface area contributed by atoms with Crippen molar-refractivity contribution in [3.8, 4) is 0 Å². The summed E-state index contributed by atoms with van der Waals surface area (Å²) in [5.41, 5.74) is 2.59. The molecule has 0 aliphatic rings. The van der Waals surface area contributed by atoms with Crippen molar-refractivity contribution in [2.45, 2.75) is 27.0 Å². The first-order valence-corrected chi connectivity index (χ1v) is 5.51. The minimum absolute atomic E-state index is 0.712. The molecule has 0 unspecified atom stereocenters. The number of nitrogens with zero attached hydrogens (tertiary/aromatic N) is 1. The van der Waals surface area contributed by atoms with Gasteiger partial charge in [0.1, 0.15) is 0 Å². The van der Waals surface area contributed by atoms with E-state index in [4.69, 9.17) is 4.74 Å². The summed E-state index contributed by atoms with van der Waals surface area (Å²) < 4.78 is 7.74. The van der Waals surface area contributed by atoms with Crippen molar-refractivity contribution in [3.05, 3.63) is 36.0 Å². The highest BCUT2D eigenvalue weighted by atomic mass is 16.5. The summed E-state index contributed by atoms with van der Waals surface area (Å²) in [6.07, 6.45) is 2.19. The topological polar surface area (TPSA) is 14.2 Å². The first-order valence-electron chi connectivity index (χ1n) is 5.51. The highest BCUT2D eigenvalue weighted by molar-refractivity contribution is 5.83. The van der Waals surface area contributed by atoms with Crippen molar-refractivity contribution in [1.29, 1.82) is 0 Å². The molecular formula is C13H17NO. The van der Waals surface area contributed by atoms with Gasteiger partial charge >= 0.3 is 0 Å². The van der Waals surface area contributed by atoms with E-state index in [2.05, 4.69) is 42.0 Å². The van der Waals surface area contributed by atoms with E-state index in [1.807, 2.05) is 6.92 Å². The van der Waals surface area contributed by atoms with Gasteiger partial charge in [0.05, 0.1) is 6.61 Å². The lowest BCUT2D eigenvalue weighted by atomic mass is 10.2. The van der Waals surface area contributed by atoms with Gasteiger partial charge in [-0.15, -0.1) is 0 Å². The molecule has 2 heteroatoms. The summed E-state index contributed by atoms with van der Waals surface area (Å²) in [7, 11) is 0. The molecule has 1 aromatic carbocycles. The van der Waals surface area contributed by atoms with Crippen LogP contribution < -0.4 is 0 Å². The largest absolute Gasteiger partial charge is 0.377 e. The Balaban J connectivity index is 2.45. The molecule has 0 aliphatic carbocycles. The summed E-state index contributed by atoms with van der Waals surface area (Å²) >= 11 is 0. The third-order valence-electron chi connectivity index (χ3n) is 2.67. The molecule has 0 aliphatic heterocycles. The van der Waals surface area contributed by atoms with Crippen molar-refractivity contribution in [3.63, 3.8) is 0 Å². The minimum atomic E-state index is 0.712. The molecule has 0 fully saturated rings. The van der Waals surface area contributed by atoms with Crippen molar-refractivity contribution in [2.75, 3.05) is 6.61 Å². The van der Waals surface area contributed by atoms with Crippen LogP contribution in [0.5, 0.6) is 0 Å². The molecule has 0 saturated carbocycles. The van der Waals surface area contributed by atoms with E-state index in [-0.39, 0.29) is 0 Å². The van der Waals surface area contributed by atoms with Gasteiger partial charge in [-0.2, -0.15) is 0 Å².